The monoisotopic (exact) mass is 413 g/mol. The summed E-state index contributed by atoms with van der Waals surface area (Å²) < 4.78 is 5.94. The first-order valence-corrected chi connectivity index (χ1v) is 10.8. The third-order valence-corrected chi connectivity index (χ3v) is 5.87. The Hall–Kier alpha value is -2.24. The summed E-state index contributed by atoms with van der Waals surface area (Å²) in [5, 5.41) is 3.78. The van der Waals surface area contributed by atoms with Crippen molar-refractivity contribution in [2.24, 2.45) is 0 Å². The molecule has 0 bridgehead atoms. The Bertz CT molecular complexity index is 850. The third-order valence-electron chi connectivity index (χ3n) is 5.64. The Morgan fingerprint density at radius 1 is 1.03 bits per heavy atom. The van der Waals surface area contributed by atoms with Crippen LogP contribution in [0.2, 0.25) is 5.02 Å². The van der Waals surface area contributed by atoms with Crippen LogP contribution in [0.15, 0.2) is 42.5 Å². The van der Waals surface area contributed by atoms with E-state index in [1.807, 2.05) is 30.3 Å². The topological polar surface area (TPSA) is 44.8 Å². The second-order valence-electron chi connectivity index (χ2n) is 7.73. The van der Waals surface area contributed by atoms with Crippen LogP contribution >= 0.6 is 11.6 Å². The molecule has 6 heteroatoms. The highest BCUT2D eigenvalue weighted by molar-refractivity contribution is 6.30. The lowest BCUT2D eigenvalue weighted by molar-refractivity contribution is -0.116. The number of carbonyl (C=O) groups is 1. The fourth-order valence-electron chi connectivity index (χ4n) is 4.01. The van der Waals surface area contributed by atoms with Gasteiger partial charge >= 0.3 is 0 Å². The number of anilines is 2. The SMILES string of the molecule is O=C1CCCc2ccc(OCCCN3CCN(c4cccc(Cl)c4)CC3)cc2N1. The predicted octanol–water partition coefficient (Wildman–Crippen LogP) is 4.21. The van der Waals surface area contributed by atoms with E-state index in [9.17, 15) is 4.79 Å². The second kappa shape index (κ2) is 9.51. The van der Waals surface area contributed by atoms with Crippen LogP contribution in [0.5, 0.6) is 5.75 Å². The number of hydrogen-bond acceptors (Lipinski definition) is 4. The van der Waals surface area contributed by atoms with Gasteiger partial charge in [-0.1, -0.05) is 23.7 Å². The summed E-state index contributed by atoms with van der Waals surface area (Å²) in [5.41, 5.74) is 3.30. The molecule has 2 aromatic carbocycles. The number of carbonyl (C=O) groups excluding carboxylic acids is 1. The van der Waals surface area contributed by atoms with E-state index in [2.05, 4.69) is 27.2 Å². The summed E-state index contributed by atoms with van der Waals surface area (Å²) in [5.74, 6) is 0.926. The quantitative estimate of drug-likeness (QED) is 0.720. The van der Waals surface area contributed by atoms with Crippen molar-refractivity contribution < 1.29 is 9.53 Å². The van der Waals surface area contributed by atoms with Crippen molar-refractivity contribution in [2.75, 3.05) is 49.5 Å². The summed E-state index contributed by atoms with van der Waals surface area (Å²) in [6, 6.07) is 14.1. The van der Waals surface area contributed by atoms with Crippen molar-refractivity contribution in [1.29, 1.82) is 0 Å². The molecule has 154 valence electrons. The van der Waals surface area contributed by atoms with Gasteiger partial charge in [-0.05, 0) is 49.1 Å². The smallest absolute Gasteiger partial charge is 0.224 e. The van der Waals surface area contributed by atoms with Gasteiger partial charge in [-0.15, -0.1) is 0 Å². The fraction of sp³-hybridized carbons (Fsp3) is 0.435. The Morgan fingerprint density at radius 2 is 1.90 bits per heavy atom. The summed E-state index contributed by atoms with van der Waals surface area (Å²) >= 11 is 6.11. The van der Waals surface area contributed by atoms with E-state index in [-0.39, 0.29) is 5.91 Å². The molecule has 0 spiro atoms. The van der Waals surface area contributed by atoms with Crippen LogP contribution in [-0.2, 0) is 11.2 Å². The fourth-order valence-corrected chi connectivity index (χ4v) is 4.20. The molecule has 1 saturated heterocycles. The second-order valence-corrected chi connectivity index (χ2v) is 8.17. The first kappa shape index (κ1) is 20.0. The molecule has 0 atom stereocenters. The minimum Gasteiger partial charge on any atom is -0.493 e. The van der Waals surface area contributed by atoms with Gasteiger partial charge in [0, 0.05) is 61.6 Å². The average molecular weight is 414 g/mol. The van der Waals surface area contributed by atoms with Gasteiger partial charge in [0.15, 0.2) is 0 Å². The van der Waals surface area contributed by atoms with Crippen LogP contribution < -0.4 is 15.0 Å². The Morgan fingerprint density at radius 3 is 2.72 bits per heavy atom. The molecule has 2 aromatic rings. The zero-order valence-electron chi connectivity index (χ0n) is 16.7. The molecular formula is C23H28ClN3O2. The Kier molecular flexibility index (Phi) is 6.57. The minimum absolute atomic E-state index is 0.0952. The van der Waals surface area contributed by atoms with Gasteiger partial charge in [-0.2, -0.15) is 0 Å². The molecule has 5 nitrogen and oxygen atoms in total. The van der Waals surface area contributed by atoms with E-state index < -0.39 is 0 Å². The van der Waals surface area contributed by atoms with Crippen LogP contribution in [0.1, 0.15) is 24.8 Å². The van der Waals surface area contributed by atoms with Gasteiger partial charge in [0.2, 0.25) is 5.91 Å². The lowest BCUT2D eigenvalue weighted by Crippen LogP contribution is -2.46. The largest absolute Gasteiger partial charge is 0.493 e. The summed E-state index contributed by atoms with van der Waals surface area (Å²) in [6.45, 7) is 5.86. The van der Waals surface area contributed by atoms with Crippen molar-refractivity contribution in [3.8, 4) is 5.75 Å². The summed E-state index contributed by atoms with van der Waals surface area (Å²) in [6.07, 6.45) is 3.43. The van der Waals surface area contributed by atoms with E-state index >= 15 is 0 Å². The van der Waals surface area contributed by atoms with Crippen molar-refractivity contribution in [2.45, 2.75) is 25.7 Å². The molecule has 1 fully saturated rings. The highest BCUT2D eigenvalue weighted by atomic mass is 35.5. The van der Waals surface area contributed by atoms with Crippen LogP contribution in [-0.4, -0.2) is 50.1 Å². The number of hydrogen-bond donors (Lipinski definition) is 1. The molecule has 2 aliphatic heterocycles. The number of nitrogens with zero attached hydrogens (tertiary/aromatic N) is 2. The van der Waals surface area contributed by atoms with Gasteiger partial charge in [0.05, 0.1) is 6.61 Å². The molecule has 0 aromatic heterocycles. The average Bonchev–Trinajstić information content (AvgIpc) is 2.91. The number of ether oxygens (including phenoxy) is 1. The molecule has 1 N–H and O–H groups in total. The maximum atomic E-state index is 11.8. The maximum Gasteiger partial charge on any atom is 0.224 e. The minimum atomic E-state index is 0.0952. The number of aryl methyl sites for hydroxylation is 1. The third kappa shape index (κ3) is 5.43. The number of halogens is 1. The van der Waals surface area contributed by atoms with Crippen LogP contribution in [0.3, 0.4) is 0 Å². The molecule has 1 amide bonds. The molecule has 0 radical (unpaired) electrons. The standard InChI is InChI=1S/C23H28ClN3O2/c24-19-5-2-6-20(16-19)27-13-11-26(12-14-27)10-3-15-29-21-9-8-18-4-1-7-23(28)25-22(18)17-21/h2,5-6,8-9,16-17H,1,3-4,7,10-15H2,(H,25,28). The van der Waals surface area contributed by atoms with Gasteiger partial charge in [-0.25, -0.2) is 0 Å². The lowest BCUT2D eigenvalue weighted by atomic mass is 10.1. The van der Waals surface area contributed by atoms with Gasteiger partial charge < -0.3 is 15.0 Å². The van der Waals surface area contributed by atoms with Crippen LogP contribution in [0, 0.1) is 0 Å². The highest BCUT2D eigenvalue weighted by Gasteiger charge is 2.17. The molecule has 29 heavy (non-hydrogen) atoms. The summed E-state index contributed by atoms with van der Waals surface area (Å²) in [7, 11) is 0. The number of benzene rings is 2. The van der Waals surface area contributed by atoms with E-state index in [0.717, 1.165) is 68.4 Å². The normalized spacial score (nSPS) is 17.4. The van der Waals surface area contributed by atoms with Crippen molar-refractivity contribution in [3.05, 3.63) is 53.1 Å². The van der Waals surface area contributed by atoms with E-state index in [4.69, 9.17) is 16.3 Å². The number of nitrogens with one attached hydrogen (secondary N) is 1. The number of rotatable bonds is 6. The zero-order valence-corrected chi connectivity index (χ0v) is 17.5. The molecule has 0 aliphatic carbocycles. The Balaban J connectivity index is 1.19. The van der Waals surface area contributed by atoms with Crippen LogP contribution in [0.25, 0.3) is 0 Å². The lowest BCUT2D eigenvalue weighted by Gasteiger charge is -2.36. The first-order valence-electron chi connectivity index (χ1n) is 10.5. The van der Waals surface area contributed by atoms with Gasteiger partial charge in [0.25, 0.3) is 0 Å². The van der Waals surface area contributed by atoms with E-state index in [1.165, 1.54) is 11.3 Å². The molecule has 0 unspecified atom stereocenters. The van der Waals surface area contributed by atoms with Crippen molar-refractivity contribution in [1.82, 2.24) is 4.90 Å². The predicted molar refractivity (Wildman–Crippen MR) is 118 cm³/mol. The number of piperazine rings is 1. The Labute approximate surface area is 177 Å². The first-order chi connectivity index (χ1) is 14.2. The molecule has 2 heterocycles. The maximum absolute atomic E-state index is 11.8. The van der Waals surface area contributed by atoms with Gasteiger partial charge in [-0.3, -0.25) is 9.69 Å². The molecular weight excluding hydrogens is 386 g/mol. The van der Waals surface area contributed by atoms with Crippen molar-refractivity contribution >= 4 is 28.9 Å². The number of fused-ring (bicyclic) bond motifs is 1. The van der Waals surface area contributed by atoms with E-state index in [0.29, 0.717) is 13.0 Å². The highest BCUT2D eigenvalue weighted by Crippen LogP contribution is 2.27. The van der Waals surface area contributed by atoms with Crippen molar-refractivity contribution in [3.63, 3.8) is 0 Å². The zero-order chi connectivity index (χ0) is 20.1. The molecule has 4 rings (SSSR count). The van der Waals surface area contributed by atoms with Gasteiger partial charge in [0.1, 0.15) is 5.75 Å². The van der Waals surface area contributed by atoms with E-state index in [1.54, 1.807) is 0 Å². The van der Waals surface area contributed by atoms with Crippen LogP contribution in [0.4, 0.5) is 11.4 Å². The molecule has 2 aliphatic rings. The molecule has 0 saturated carbocycles. The number of amides is 1. The summed E-state index contributed by atoms with van der Waals surface area (Å²) in [4.78, 5) is 16.6.